The van der Waals surface area contributed by atoms with E-state index in [4.69, 9.17) is 10.4 Å². The lowest BCUT2D eigenvalue weighted by atomic mass is 10.0. The van der Waals surface area contributed by atoms with Crippen molar-refractivity contribution in [1.29, 1.82) is 5.26 Å². The number of methoxy groups -OCH3 is 1. The number of rotatable bonds is 3. The molecule has 0 bridgehead atoms. The first-order valence-corrected chi connectivity index (χ1v) is 5.66. The molecule has 0 saturated heterocycles. The van der Waals surface area contributed by atoms with E-state index >= 15 is 0 Å². The molecule has 0 radical (unpaired) electrons. The van der Waals surface area contributed by atoms with Crippen LogP contribution in [0.3, 0.4) is 0 Å². The van der Waals surface area contributed by atoms with E-state index in [1.807, 2.05) is 0 Å². The highest BCUT2D eigenvalue weighted by Gasteiger charge is 2.31. The van der Waals surface area contributed by atoms with Crippen LogP contribution in [0, 0.1) is 11.3 Å². The quantitative estimate of drug-likeness (QED) is 0.684. The fourth-order valence-corrected chi connectivity index (χ4v) is 2.08. The van der Waals surface area contributed by atoms with E-state index < -0.39 is 29.8 Å². The number of nitrogens with zero attached hydrogens (tertiary/aromatic N) is 1. The number of esters is 1. The van der Waals surface area contributed by atoms with Gasteiger partial charge in [0.1, 0.15) is 6.07 Å². The molecular weight excluding hydrogens is 283 g/mol. The number of hydrogen-bond acceptors (Lipinski definition) is 5. The van der Waals surface area contributed by atoms with Gasteiger partial charge in [0, 0.05) is 10.5 Å². The van der Waals surface area contributed by atoms with Crippen molar-refractivity contribution in [1.82, 2.24) is 0 Å². The second-order valence-electron chi connectivity index (χ2n) is 3.27. The monoisotopic (exact) mass is 291 g/mol. The Bertz CT molecular complexity index is 537. The van der Waals surface area contributed by atoms with Crippen molar-refractivity contribution in [2.24, 2.45) is 0 Å². The highest BCUT2D eigenvalue weighted by atomic mass is 32.2. The van der Waals surface area contributed by atoms with Crippen LogP contribution in [-0.2, 0) is 11.3 Å². The van der Waals surface area contributed by atoms with Crippen molar-refractivity contribution in [2.45, 2.75) is 17.0 Å². The topological polar surface area (TPSA) is 70.3 Å². The fourth-order valence-electron chi connectivity index (χ4n) is 1.42. The van der Waals surface area contributed by atoms with Crippen LogP contribution in [0.15, 0.2) is 17.0 Å². The van der Waals surface area contributed by atoms with E-state index in [1.54, 1.807) is 6.07 Å². The zero-order valence-corrected chi connectivity index (χ0v) is 10.4. The van der Waals surface area contributed by atoms with E-state index in [2.05, 4.69) is 4.74 Å². The van der Waals surface area contributed by atoms with Gasteiger partial charge < -0.3 is 9.84 Å². The molecule has 8 heteroatoms. The molecule has 0 aromatic heterocycles. The zero-order valence-electron chi connectivity index (χ0n) is 9.61. The van der Waals surface area contributed by atoms with Crippen molar-refractivity contribution >= 4 is 17.7 Å². The Hall–Kier alpha value is -1.72. The number of carbonyl (C=O) groups excluding carboxylic acids is 1. The molecule has 0 heterocycles. The molecule has 1 rings (SSSR count). The van der Waals surface area contributed by atoms with E-state index in [-0.39, 0.29) is 21.6 Å². The molecule has 0 fully saturated rings. The second-order valence-corrected chi connectivity index (χ2v) is 4.38. The number of benzene rings is 1. The Balaban J connectivity index is 3.40. The zero-order chi connectivity index (χ0) is 14.6. The third-order valence-corrected chi connectivity index (χ3v) is 2.97. The highest BCUT2D eigenvalue weighted by molar-refractivity contribution is 8.00. The van der Waals surface area contributed by atoms with Crippen molar-refractivity contribution in [3.8, 4) is 6.07 Å². The second kappa shape index (κ2) is 5.95. The SMILES string of the molecule is COC(=O)c1ccc(SC(F)(F)F)c(C#N)c1CO. The Morgan fingerprint density at radius 2 is 2.16 bits per heavy atom. The van der Waals surface area contributed by atoms with E-state index in [9.17, 15) is 18.0 Å². The summed E-state index contributed by atoms with van der Waals surface area (Å²) in [6, 6.07) is 3.66. The first-order chi connectivity index (χ1) is 8.84. The Kier molecular flexibility index (Phi) is 4.80. The van der Waals surface area contributed by atoms with Crippen LogP contribution < -0.4 is 0 Å². The molecule has 0 aliphatic carbocycles. The van der Waals surface area contributed by atoms with E-state index in [1.165, 1.54) is 0 Å². The average molecular weight is 291 g/mol. The first kappa shape index (κ1) is 15.3. The number of nitriles is 1. The van der Waals surface area contributed by atoms with Crippen LogP contribution in [0.5, 0.6) is 0 Å². The normalized spacial score (nSPS) is 10.9. The number of hydrogen-bond donors (Lipinski definition) is 1. The molecule has 0 amide bonds. The number of ether oxygens (including phenoxy) is 1. The standard InChI is InChI=1S/C11H8F3NO3S/c1-18-10(17)6-2-3-9(19-11(12,13)14)7(4-15)8(6)5-16/h2-3,16H,5H2,1H3. The summed E-state index contributed by atoms with van der Waals surface area (Å²) in [5.74, 6) is -0.830. The molecular formula is C11H8F3NO3S. The van der Waals surface area contributed by atoms with Gasteiger partial charge in [-0.1, -0.05) is 0 Å². The Labute approximate surface area is 110 Å². The van der Waals surface area contributed by atoms with Gasteiger partial charge in [-0.3, -0.25) is 0 Å². The summed E-state index contributed by atoms with van der Waals surface area (Å²) in [5, 5.41) is 18.1. The van der Waals surface area contributed by atoms with E-state index in [0.29, 0.717) is 0 Å². The molecule has 0 atom stereocenters. The molecule has 1 N–H and O–H groups in total. The average Bonchev–Trinajstić information content (AvgIpc) is 2.35. The molecule has 0 unspecified atom stereocenters. The minimum Gasteiger partial charge on any atom is -0.465 e. The van der Waals surface area contributed by atoms with Gasteiger partial charge in [0.2, 0.25) is 0 Å². The number of aliphatic hydroxyl groups excluding tert-OH is 1. The maximum Gasteiger partial charge on any atom is 0.446 e. The van der Waals surface area contributed by atoms with Crippen LogP contribution in [0.2, 0.25) is 0 Å². The smallest absolute Gasteiger partial charge is 0.446 e. The van der Waals surface area contributed by atoms with Crippen LogP contribution in [0.4, 0.5) is 13.2 Å². The van der Waals surface area contributed by atoms with Crippen molar-refractivity contribution in [3.63, 3.8) is 0 Å². The maximum atomic E-state index is 12.3. The summed E-state index contributed by atoms with van der Waals surface area (Å²) in [7, 11) is 1.09. The lowest BCUT2D eigenvalue weighted by Gasteiger charge is -2.12. The number of alkyl halides is 3. The van der Waals surface area contributed by atoms with Gasteiger partial charge in [0.15, 0.2) is 0 Å². The molecule has 1 aromatic rings. The van der Waals surface area contributed by atoms with Crippen molar-refractivity contribution in [3.05, 3.63) is 28.8 Å². The largest absolute Gasteiger partial charge is 0.465 e. The predicted octanol–water partition coefficient (Wildman–Crippen LogP) is 2.45. The van der Waals surface area contributed by atoms with Crippen LogP contribution >= 0.6 is 11.8 Å². The summed E-state index contributed by atoms with van der Waals surface area (Å²) < 4.78 is 41.4. The lowest BCUT2D eigenvalue weighted by Crippen LogP contribution is -2.09. The number of thioether (sulfide) groups is 1. The van der Waals surface area contributed by atoms with Crippen molar-refractivity contribution < 1.29 is 27.8 Å². The minimum absolute atomic E-state index is 0.131. The van der Waals surface area contributed by atoms with E-state index in [0.717, 1.165) is 19.2 Å². The van der Waals surface area contributed by atoms with Gasteiger partial charge in [-0.2, -0.15) is 18.4 Å². The molecule has 1 aromatic carbocycles. The number of carbonyl (C=O) groups is 1. The molecule has 0 saturated carbocycles. The summed E-state index contributed by atoms with van der Waals surface area (Å²) in [6.07, 6.45) is 0. The molecule has 0 aliphatic heterocycles. The van der Waals surface area contributed by atoms with Crippen LogP contribution in [-0.4, -0.2) is 23.7 Å². The van der Waals surface area contributed by atoms with Gasteiger partial charge in [-0.25, -0.2) is 4.79 Å². The van der Waals surface area contributed by atoms with Gasteiger partial charge in [0.25, 0.3) is 0 Å². The van der Waals surface area contributed by atoms with Gasteiger partial charge >= 0.3 is 11.5 Å². The molecule has 0 spiro atoms. The lowest BCUT2D eigenvalue weighted by molar-refractivity contribution is -0.0328. The van der Waals surface area contributed by atoms with Crippen molar-refractivity contribution in [2.75, 3.05) is 7.11 Å². The Morgan fingerprint density at radius 1 is 1.53 bits per heavy atom. The predicted molar refractivity (Wildman–Crippen MR) is 60.3 cm³/mol. The molecule has 0 aliphatic rings. The minimum atomic E-state index is -4.56. The fraction of sp³-hybridized carbons (Fsp3) is 0.273. The summed E-state index contributed by atoms with van der Waals surface area (Å²) in [6.45, 7) is -0.737. The summed E-state index contributed by atoms with van der Waals surface area (Å²) >= 11 is -0.476. The summed E-state index contributed by atoms with van der Waals surface area (Å²) in [5.41, 5.74) is -5.25. The number of halogens is 3. The van der Waals surface area contributed by atoms with Gasteiger partial charge in [-0.15, -0.1) is 0 Å². The molecule has 102 valence electrons. The summed E-state index contributed by atoms with van der Waals surface area (Å²) in [4.78, 5) is 11.0. The number of aliphatic hydroxyl groups is 1. The first-order valence-electron chi connectivity index (χ1n) is 4.85. The Morgan fingerprint density at radius 3 is 2.58 bits per heavy atom. The molecule has 4 nitrogen and oxygen atoms in total. The maximum absolute atomic E-state index is 12.3. The van der Waals surface area contributed by atoms with Crippen LogP contribution in [0.1, 0.15) is 21.5 Å². The van der Waals surface area contributed by atoms with Crippen LogP contribution in [0.25, 0.3) is 0 Å². The van der Waals surface area contributed by atoms with Gasteiger partial charge in [-0.05, 0) is 23.9 Å². The molecule has 19 heavy (non-hydrogen) atoms. The third-order valence-electron chi connectivity index (χ3n) is 2.18. The van der Waals surface area contributed by atoms with Gasteiger partial charge in [0.05, 0.1) is 24.8 Å². The third kappa shape index (κ3) is 3.62. The highest BCUT2D eigenvalue weighted by Crippen LogP contribution is 2.39.